The lowest BCUT2D eigenvalue weighted by molar-refractivity contribution is -0.0298. The van der Waals surface area contributed by atoms with E-state index in [0.29, 0.717) is 52.7 Å². The van der Waals surface area contributed by atoms with Crippen molar-refractivity contribution in [2.75, 3.05) is 6.61 Å². The summed E-state index contributed by atoms with van der Waals surface area (Å²) in [5.74, 6) is -0.635. The van der Waals surface area contributed by atoms with Gasteiger partial charge in [-0.1, -0.05) is 17.3 Å². The van der Waals surface area contributed by atoms with E-state index in [2.05, 4.69) is 20.3 Å². The van der Waals surface area contributed by atoms with E-state index in [1.54, 1.807) is 55.3 Å². The van der Waals surface area contributed by atoms with Crippen LogP contribution in [0.25, 0.3) is 33.7 Å². The van der Waals surface area contributed by atoms with Crippen molar-refractivity contribution >= 4 is 11.2 Å². The van der Waals surface area contributed by atoms with E-state index < -0.39 is 11.4 Å². The smallest absolute Gasteiger partial charge is 0.163 e. The van der Waals surface area contributed by atoms with Crippen molar-refractivity contribution in [2.24, 2.45) is 0 Å². The molecule has 40 heavy (non-hydrogen) atoms. The van der Waals surface area contributed by atoms with Crippen molar-refractivity contribution in [2.45, 2.75) is 51.5 Å². The maximum Gasteiger partial charge on any atom is 0.163 e. The van der Waals surface area contributed by atoms with E-state index in [9.17, 15) is 10.4 Å². The zero-order chi connectivity index (χ0) is 27.9. The van der Waals surface area contributed by atoms with Crippen LogP contribution in [0.5, 0.6) is 0 Å². The lowest BCUT2D eigenvalue weighted by atomic mass is 10.0. The van der Waals surface area contributed by atoms with Crippen LogP contribution in [0.3, 0.4) is 0 Å². The molecule has 1 aliphatic heterocycles. The van der Waals surface area contributed by atoms with Gasteiger partial charge >= 0.3 is 0 Å². The molecule has 1 atom stereocenters. The third-order valence-electron chi connectivity index (χ3n) is 6.96. The molecule has 0 bridgehead atoms. The second kappa shape index (κ2) is 10.2. The predicted molar refractivity (Wildman–Crippen MR) is 144 cm³/mol. The highest BCUT2D eigenvalue weighted by atomic mass is 19.1. The van der Waals surface area contributed by atoms with Crippen LogP contribution < -0.4 is 0 Å². The standard InChI is InChI=1S/C29H27FN8O2/c1-29(2,39)24-10-6-8-19(33-24)15-37-16-23(35-36-37)21-13-22(20-9-5-7-18(14-31)26(20)30)34-28-27(21)32-17-38(28)25-11-3-4-12-40-25/h5-10,13,16-17,25,39H,3-4,11-12,15H2,1-2H3. The van der Waals surface area contributed by atoms with Crippen molar-refractivity contribution < 1.29 is 14.2 Å². The van der Waals surface area contributed by atoms with Gasteiger partial charge in [-0.05, 0) is 63.4 Å². The lowest BCUT2D eigenvalue weighted by Crippen LogP contribution is -2.18. The average molecular weight is 539 g/mol. The monoisotopic (exact) mass is 538 g/mol. The van der Waals surface area contributed by atoms with Gasteiger partial charge in [-0.25, -0.2) is 19.0 Å². The lowest BCUT2D eigenvalue weighted by Gasteiger charge is -2.24. The SMILES string of the molecule is CC(C)(O)c1cccc(Cn2cc(-c3cc(-c4cccc(C#N)c4F)nc4c3ncn4C3CCCCO3)nn2)n1. The number of fused-ring (bicyclic) bond motifs is 1. The van der Waals surface area contributed by atoms with Gasteiger partial charge in [0.05, 0.1) is 41.7 Å². The first kappa shape index (κ1) is 25.7. The number of nitriles is 1. The van der Waals surface area contributed by atoms with Gasteiger partial charge in [-0.2, -0.15) is 5.26 Å². The summed E-state index contributed by atoms with van der Waals surface area (Å²) >= 11 is 0. The maximum absolute atomic E-state index is 15.3. The van der Waals surface area contributed by atoms with E-state index in [4.69, 9.17) is 9.72 Å². The molecule has 6 rings (SSSR count). The molecule has 0 radical (unpaired) electrons. The van der Waals surface area contributed by atoms with Crippen LogP contribution >= 0.6 is 0 Å². The second-order valence-corrected chi connectivity index (χ2v) is 10.4. The summed E-state index contributed by atoms with van der Waals surface area (Å²) in [6.07, 6.45) is 6.07. The minimum atomic E-state index is -1.07. The summed E-state index contributed by atoms with van der Waals surface area (Å²) in [6, 6.07) is 13.8. The fraction of sp³-hybridized carbons (Fsp3) is 0.310. The van der Waals surface area contributed by atoms with Crippen LogP contribution in [-0.4, -0.2) is 46.2 Å². The van der Waals surface area contributed by atoms with Crippen molar-refractivity contribution in [3.8, 4) is 28.6 Å². The first-order valence-electron chi connectivity index (χ1n) is 13.1. The van der Waals surface area contributed by atoms with E-state index >= 15 is 4.39 Å². The highest BCUT2D eigenvalue weighted by Gasteiger charge is 2.24. The maximum atomic E-state index is 15.3. The van der Waals surface area contributed by atoms with Crippen LogP contribution in [0, 0.1) is 17.1 Å². The van der Waals surface area contributed by atoms with Crippen LogP contribution in [0.15, 0.2) is 55.0 Å². The Hall–Kier alpha value is -4.53. The van der Waals surface area contributed by atoms with Crippen molar-refractivity contribution in [3.05, 3.63) is 77.8 Å². The molecule has 202 valence electrons. The van der Waals surface area contributed by atoms with Gasteiger partial charge in [0.15, 0.2) is 5.65 Å². The number of pyridine rings is 2. The fourth-order valence-corrected chi connectivity index (χ4v) is 4.88. The summed E-state index contributed by atoms with van der Waals surface area (Å²) in [5.41, 5.74) is 2.98. The van der Waals surface area contributed by atoms with Gasteiger partial charge in [-0.15, -0.1) is 5.10 Å². The number of benzene rings is 1. The van der Waals surface area contributed by atoms with Crippen molar-refractivity contribution in [3.63, 3.8) is 0 Å². The molecular formula is C29H27FN8O2. The van der Waals surface area contributed by atoms with Crippen molar-refractivity contribution in [1.29, 1.82) is 5.26 Å². The number of hydrogen-bond acceptors (Lipinski definition) is 8. The Bertz CT molecular complexity index is 1740. The Morgan fingerprint density at radius 2 is 1.98 bits per heavy atom. The first-order chi connectivity index (χ1) is 19.3. The summed E-state index contributed by atoms with van der Waals surface area (Å²) in [4.78, 5) is 14.0. The minimum Gasteiger partial charge on any atom is -0.384 e. The Labute approximate surface area is 229 Å². The second-order valence-electron chi connectivity index (χ2n) is 10.4. The van der Waals surface area contributed by atoms with Crippen LogP contribution in [0.1, 0.15) is 56.3 Å². The van der Waals surface area contributed by atoms with Gasteiger partial charge in [0, 0.05) is 17.7 Å². The topological polar surface area (TPSA) is 128 Å². The summed E-state index contributed by atoms with van der Waals surface area (Å²) in [7, 11) is 0. The quantitative estimate of drug-likeness (QED) is 0.328. The molecule has 1 aliphatic rings. The number of rotatable bonds is 6. The van der Waals surface area contributed by atoms with Gasteiger partial charge in [0.1, 0.15) is 34.9 Å². The average Bonchev–Trinajstić information content (AvgIpc) is 3.60. The third kappa shape index (κ3) is 4.83. The zero-order valence-electron chi connectivity index (χ0n) is 22.1. The number of halogens is 1. The van der Waals surface area contributed by atoms with Gasteiger partial charge in [0.25, 0.3) is 0 Å². The Morgan fingerprint density at radius 1 is 1.12 bits per heavy atom. The van der Waals surface area contributed by atoms with E-state index in [1.807, 2.05) is 22.8 Å². The summed E-state index contributed by atoms with van der Waals surface area (Å²) in [6.45, 7) is 4.35. The molecule has 5 aromatic rings. The van der Waals surface area contributed by atoms with Crippen LogP contribution in [0.2, 0.25) is 0 Å². The highest BCUT2D eigenvalue weighted by molar-refractivity contribution is 5.91. The first-order valence-corrected chi connectivity index (χ1v) is 13.1. The molecule has 11 heteroatoms. The largest absolute Gasteiger partial charge is 0.384 e. The molecule has 0 aliphatic carbocycles. The number of ether oxygens (including phenoxy) is 1. The van der Waals surface area contributed by atoms with Crippen LogP contribution in [0.4, 0.5) is 4.39 Å². The molecule has 5 heterocycles. The Morgan fingerprint density at radius 3 is 2.75 bits per heavy atom. The molecule has 0 amide bonds. The molecule has 1 fully saturated rings. The Balaban J connectivity index is 1.45. The number of aliphatic hydroxyl groups is 1. The molecule has 1 N–H and O–H groups in total. The molecule has 0 saturated carbocycles. The minimum absolute atomic E-state index is 0.0585. The molecule has 4 aromatic heterocycles. The Kier molecular flexibility index (Phi) is 6.57. The van der Waals surface area contributed by atoms with E-state index in [1.165, 1.54) is 6.07 Å². The van der Waals surface area contributed by atoms with E-state index in [0.717, 1.165) is 19.3 Å². The zero-order valence-corrected chi connectivity index (χ0v) is 22.1. The number of nitrogens with zero attached hydrogens (tertiary/aromatic N) is 8. The van der Waals surface area contributed by atoms with Crippen LogP contribution in [-0.2, 0) is 16.9 Å². The fourth-order valence-electron chi connectivity index (χ4n) is 4.88. The molecule has 1 aromatic carbocycles. The third-order valence-corrected chi connectivity index (χ3v) is 6.96. The molecule has 1 unspecified atom stereocenters. The van der Waals surface area contributed by atoms with Gasteiger partial charge in [0.2, 0.25) is 0 Å². The molecule has 1 saturated heterocycles. The molecule has 10 nitrogen and oxygen atoms in total. The highest BCUT2D eigenvalue weighted by Crippen LogP contribution is 2.34. The van der Waals surface area contributed by atoms with E-state index in [-0.39, 0.29) is 17.4 Å². The number of aromatic nitrogens is 7. The van der Waals surface area contributed by atoms with Gasteiger partial charge in [-0.3, -0.25) is 9.55 Å². The summed E-state index contributed by atoms with van der Waals surface area (Å²) in [5, 5.41) is 28.4. The van der Waals surface area contributed by atoms with Gasteiger partial charge < -0.3 is 9.84 Å². The number of imidazole rings is 1. The molecular weight excluding hydrogens is 511 g/mol. The number of hydrogen-bond donors (Lipinski definition) is 1. The predicted octanol–water partition coefficient (Wildman–Crippen LogP) is 4.74. The van der Waals surface area contributed by atoms with Crippen molar-refractivity contribution in [1.82, 2.24) is 34.5 Å². The molecule has 0 spiro atoms. The summed E-state index contributed by atoms with van der Waals surface area (Å²) < 4.78 is 24.8. The normalized spacial score (nSPS) is 15.8.